The summed E-state index contributed by atoms with van der Waals surface area (Å²) in [6, 6.07) is 16.9. The van der Waals surface area contributed by atoms with Gasteiger partial charge in [0.25, 0.3) is 0 Å². The molecular formula is C23H23NO2S. The van der Waals surface area contributed by atoms with Crippen molar-refractivity contribution in [3.05, 3.63) is 77.6 Å². The lowest BCUT2D eigenvalue weighted by molar-refractivity contribution is 0.308. The number of ether oxygens (including phenoxy) is 1. The fraction of sp³-hybridized carbons (Fsp3) is 0.217. The normalized spacial score (nSPS) is 11.1. The van der Waals surface area contributed by atoms with Crippen LogP contribution in [0.25, 0.3) is 21.2 Å². The number of rotatable bonds is 8. The molecule has 2 heterocycles. The zero-order valence-corrected chi connectivity index (χ0v) is 16.2. The van der Waals surface area contributed by atoms with Crippen molar-refractivity contribution in [2.24, 2.45) is 0 Å². The zero-order chi connectivity index (χ0) is 18.5. The van der Waals surface area contributed by atoms with Gasteiger partial charge in [0.1, 0.15) is 12.0 Å². The predicted molar refractivity (Wildman–Crippen MR) is 113 cm³/mol. The third-order valence-corrected chi connectivity index (χ3v) is 5.51. The van der Waals surface area contributed by atoms with Gasteiger partial charge in [0.15, 0.2) is 0 Å². The molecule has 0 fully saturated rings. The molecule has 2 aromatic heterocycles. The minimum absolute atomic E-state index is 0.703. The molecule has 0 radical (unpaired) electrons. The van der Waals surface area contributed by atoms with Crippen LogP contribution in [0.3, 0.4) is 0 Å². The monoisotopic (exact) mass is 377 g/mol. The number of aryl methyl sites for hydroxylation is 1. The summed E-state index contributed by atoms with van der Waals surface area (Å²) >= 11 is 1.70. The van der Waals surface area contributed by atoms with E-state index < -0.39 is 0 Å². The van der Waals surface area contributed by atoms with E-state index in [0.717, 1.165) is 36.2 Å². The average molecular weight is 378 g/mol. The lowest BCUT2D eigenvalue weighted by atomic mass is 10.1. The molecule has 0 saturated carbocycles. The van der Waals surface area contributed by atoms with Crippen LogP contribution in [-0.4, -0.2) is 13.2 Å². The molecule has 1 N–H and O–H groups in total. The number of hydrogen-bond acceptors (Lipinski definition) is 4. The Morgan fingerprint density at radius 1 is 1.07 bits per heavy atom. The lowest BCUT2D eigenvalue weighted by Gasteiger charge is -2.09. The smallest absolute Gasteiger partial charge is 0.119 e. The van der Waals surface area contributed by atoms with Gasteiger partial charge in [-0.15, -0.1) is 11.3 Å². The van der Waals surface area contributed by atoms with Gasteiger partial charge in [-0.25, -0.2) is 0 Å². The molecule has 0 amide bonds. The van der Waals surface area contributed by atoms with Crippen LogP contribution in [0.15, 0.2) is 70.9 Å². The first-order valence-corrected chi connectivity index (χ1v) is 10.1. The third kappa shape index (κ3) is 4.41. The predicted octanol–water partition coefficient (Wildman–Crippen LogP) is 6.03. The van der Waals surface area contributed by atoms with Crippen molar-refractivity contribution in [2.75, 3.05) is 13.2 Å². The quantitative estimate of drug-likeness (QED) is 0.381. The second kappa shape index (κ2) is 8.42. The second-order valence-corrected chi connectivity index (χ2v) is 7.60. The average Bonchev–Trinajstić information content (AvgIpc) is 3.30. The Kier molecular flexibility index (Phi) is 5.56. The van der Waals surface area contributed by atoms with E-state index in [-0.39, 0.29) is 0 Å². The molecular weight excluding hydrogens is 354 g/mol. The molecule has 4 aromatic rings. The minimum Gasteiger partial charge on any atom is -0.494 e. The highest BCUT2D eigenvalue weighted by atomic mass is 32.1. The Morgan fingerprint density at radius 3 is 2.85 bits per heavy atom. The van der Waals surface area contributed by atoms with Gasteiger partial charge in [0.05, 0.1) is 17.6 Å². The minimum atomic E-state index is 0.703. The molecule has 0 aliphatic carbocycles. The van der Waals surface area contributed by atoms with Crippen molar-refractivity contribution in [3.63, 3.8) is 0 Å². The molecule has 2 aromatic carbocycles. The second-order valence-electron chi connectivity index (χ2n) is 6.69. The molecule has 0 saturated heterocycles. The Morgan fingerprint density at radius 2 is 1.96 bits per heavy atom. The summed E-state index contributed by atoms with van der Waals surface area (Å²) in [5, 5.41) is 6.81. The van der Waals surface area contributed by atoms with Crippen molar-refractivity contribution < 1.29 is 9.15 Å². The summed E-state index contributed by atoms with van der Waals surface area (Å²) < 4.78 is 12.4. The largest absolute Gasteiger partial charge is 0.494 e. The van der Waals surface area contributed by atoms with Crippen LogP contribution < -0.4 is 10.1 Å². The van der Waals surface area contributed by atoms with Crippen LogP contribution in [0.2, 0.25) is 0 Å². The van der Waals surface area contributed by atoms with E-state index in [1.54, 1.807) is 17.6 Å². The number of nitrogens with one attached hydrogen (secondary N) is 1. The molecule has 0 spiro atoms. The first-order chi connectivity index (χ1) is 13.3. The van der Waals surface area contributed by atoms with E-state index in [0.29, 0.717) is 6.61 Å². The summed E-state index contributed by atoms with van der Waals surface area (Å²) in [7, 11) is 0. The molecule has 0 unspecified atom stereocenters. The highest BCUT2D eigenvalue weighted by Gasteiger charge is 2.09. The van der Waals surface area contributed by atoms with E-state index in [9.17, 15) is 0 Å². The van der Waals surface area contributed by atoms with E-state index in [1.165, 1.54) is 21.4 Å². The molecule has 138 valence electrons. The third-order valence-electron chi connectivity index (χ3n) is 4.58. The number of benzene rings is 2. The summed E-state index contributed by atoms with van der Waals surface area (Å²) in [5.74, 6) is 0.911. The fourth-order valence-electron chi connectivity index (χ4n) is 3.06. The summed E-state index contributed by atoms with van der Waals surface area (Å²) in [5.41, 5.74) is 4.98. The number of fused-ring (bicyclic) bond motifs is 1. The topological polar surface area (TPSA) is 34.4 Å². The Balaban J connectivity index is 1.25. The highest BCUT2D eigenvalue weighted by Crippen LogP contribution is 2.35. The van der Waals surface area contributed by atoms with Gasteiger partial charge in [-0.1, -0.05) is 42.0 Å². The number of hydrogen-bond donors (Lipinski definition) is 1. The Bertz CT molecular complexity index is 1000. The van der Waals surface area contributed by atoms with Crippen molar-refractivity contribution in [2.45, 2.75) is 19.9 Å². The molecule has 0 aliphatic rings. The van der Waals surface area contributed by atoms with Crippen molar-refractivity contribution in [1.82, 2.24) is 5.32 Å². The van der Waals surface area contributed by atoms with Gasteiger partial charge in [-0.2, -0.15) is 0 Å². The lowest BCUT2D eigenvalue weighted by Crippen LogP contribution is -2.17. The fourth-order valence-corrected chi connectivity index (χ4v) is 3.97. The molecule has 3 nitrogen and oxygen atoms in total. The summed E-state index contributed by atoms with van der Waals surface area (Å²) in [6.45, 7) is 4.65. The van der Waals surface area contributed by atoms with Gasteiger partial charge in [-0.05, 0) is 43.1 Å². The molecule has 0 aliphatic heterocycles. The Labute approximate surface area is 163 Å². The number of thiophene rings is 1. The maximum atomic E-state index is 5.95. The van der Waals surface area contributed by atoms with Crippen LogP contribution in [0, 0.1) is 6.92 Å². The SMILES string of the molecule is Cc1ccc(CNCCCOc2cccc(-c3csc4cocc34)c2)cc1. The van der Waals surface area contributed by atoms with E-state index >= 15 is 0 Å². The zero-order valence-electron chi connectivity index (χ0n) is 15.4. The van der Waals surface area contributed by atoms with Gasteiger partial charge in [-0.3, -0.25) is 0 Å². The molecule has 4 rings (SSSR count). The van der Waals surface area contributed by atoms with Crippen molar-refractivity contribution >= 4 is 21.4 Å². The van der Waals surface area contributed by atoms with Crippen molar-refractivity contribution in [3.8, 4) is 16.9 Å². The molecule has 0 bridgehead atoms. The van der Waals surface area contributed by atoms with Gasteiger partial charge in [0.2, 0.25) is 0 Å². The maximum Gasteiger partial charge on any atom is 0.119 e. The first-order valence-electron chi connectivity index (χ1n) is 9.22. The Hall–Kier alpha value is -2.56. The summed E-state index contributed by atoms with van der Waals surface area (Å²) in [6.07, 6.45) is 4.59. The van der Waals surface area contributed by atoms with Crippen molar-refractivity contribution in [1.29, 1.82) is 0 Å². The highest BCUT2D eigenvalue weighted by molar-refractivity contribution is 7.17. The van der Waals surface area contributed by atoms with Gasteiger partial charge < -0.3 is 14.5 Å². The molecule has 27 heavy (non-hydrogen) atoms. The van der Waals surface area contributed by atoms with Crippen LogP contribution in [-0.2, 0) is 6.54 Å². The van der Waals surface area contributed by atoms with Gasteiger partial charge in [0, 0.05) is 22.9 Å². The molecule has 4 heteroatoms. The summed E-state index contributed by atoms with van der Waals surface area (Å²) in [4.78, 5) is 0. The van der Waals surface area contributed by atoms with Crippen LogP contribution >= 0.6 is 11.3 Å². The first kappa shape index (κ1) is 17.8. The van der Waals surface area contributed by atoms with Crippen LogP contribution in [0.1, 0.15) is 17.5 Å². The maximum absolute atomic E-state index is 5.95. The van der Waals surface area contributed by atoms with Crippen LogP contribution in [0.5, 0.6) is 5.75 Å². The number of furan rings is 1. The van der Waals surface area contributed by atoms with Gasteiger partial charge >= 0.3 is 0 Å². The van der Waals surface area contributed by atoms with Crippen LogP contribution in [0.4, 0.5) is 0 Å². The van der Waals surface area contributed by atoms with E-state index in [4.69, 9.17) is 9.15 Å². The standard InChI is InChI=1S/C23H23NO2S/c1-17-6-8-18(9-7-17)13-24-10-3-11-26-20-5-2-4-19(12-20)22-16-27-23-15-25-14-21(22)23/h2,4-9,12,14-16,24H,3,10-11,13H2,1H3. The van der Waals surface area contributed by atoms with E-state index in [2.05, 4.69) is 54.0 Å². The molecule has 0 atom stereocenters. The van der Waals surface area contributed by atoms with E-state index in [1.807, 2.05) is 18.4 Å².